The van der Waals surface area contributed by atoms with Crippen LogP contribution in [-0.2, 0) is 11.4 Å². The zero-order chi connectivity index (χ0) is 22.8. The molecule has 3 aromatic rings. The second-order valence-corrected chi connectivity index (χ2v) is 9.34. The first-order chi connectivity index (χ1) is 15.3. The van der Waals surface area contributed by atoms with Gasteiger partial charge in [0.2, 0.25) is 0 Å². The van der Waals surface area contributed by atoms with Crippen molar-refractivity contribution in [2.75, 3.05) is 4.90 Å². The fourth-order valence-electron chi connectivity index (χ4n) is 3.00. The van der Waals surface area contributed by atoms with Gasteiger partial charge in [-0.3, -0.25) is 9.59 Å². The molecule has 0 radical (unpaired) electrons. The number of halogens is 4. The van der Waals surface area contributed by atoms with E-state index in [1.165, 1.54) is 0 Å². The predicted molar refractivity (Wildman–Crippen MR) is 132 cm³/mol. The minimum Gasteiger partial charge on any atom is -0.486 e. The Kier molecular flexibility index (Phi) is 7.03. The van der Waals surface area contributed by atoms with Crippen LogP contribution in [0.5, 0.6) is 5.75 Å². The third-order valence-corrected chi connectivity index (χ3v) is 6.58. The Morgan fingerprint density at radius 1 is 0.875 bits per heavy atom. The van der Waals surface area contributed by atoms with Crippen LogP contribution in [0, 0.1) is 0 Å². The van der Waals surface area contributed by atoms with Gasteiger partial charge >= 0.3 is 0 Å². The molecule has 0 bridgehead atoms. The van der Waals surface area contributed by atoms with E-state index in [9.17, 15) is 9.59 Å². The summed E-state index contributed by atoms with van der Waals surface area (Å²) >= 11 is 25.6. The van der Waals surface area contributed by atoms with Crippen molar-refractivity contribution in [3.05, 3.63) is 96.8 Å². The second kappa shape index (κ2) is 9.77. The van der Waals surface area contributed by atoms with E-state index in [-0.39, 0.29) is 21.6 Å². The van der Waals surface area contributed by atoms with Gasteiger partial charge in [0.05, 0.1) is 20.6 Å². The highest BCUT2D eigenvalue weighted by molar-refractivity contribution is 8.19. The van der Waals surface area contributed by atoms with Gasteiger partial charge in [-0.05, 0) is 65.9 Å². The van der Waals surface area contributed by atoms with Crippen molar-refractivity contribution in [1.29, 1.82) is 0 Å². The molecule has 1 saturated heterocycles. The third-order valence-electron chi connectivity index (χ3n) is 4.53. The number of hydrogen-bond acceptors (Lipinski definition) is 4. The first-order valence-electron chi connectivity index (χ1n) is 9.22. The van der Waals surface area contributed by atoms with Crippen molar-refractivity contribution in [2.45, 2.75) is 6.61 Å². The number of anilines is 1. The Balaban J connectivity index is 1.55. The third kappa shape index (κ3) is 4.92. The first-order valence-corrected chi connectivity index (χ1v) is 11.5. The minimum atomic E-state index is -0.436. The number of carbonyl (C=O) groups excluding carboxylic acids is 2. The van der Waals surface area contributed by atoms with Gasteiger partial charge < -0.3 is 4.74 Å². The van der Waals surface area contributed by atoms with Crippen LogP contribution in [0.15, 0.2) is 65.6 Å². The number of hydrogen-bond donors (Lipinski definition) is 0. The highest BCUT2D eigenvalue weighted by Gasteiger charge is 2.36. The number of rotatable bonds is 5. The predicted octanol–water partition coefficient (Wildman–Crippen LogP) is 8.12. The van der Waals surface area contributed by atoms with Crippen LogP contribution in [0.4, 0.5) is 10.5 Å². The molecule has 0 aliphatic carbocycles. The molecule has 0 aromatic heterocycles. The van der Waals surface area contributed by atoms with Crippen molar-refractivity contribution in [3.8, 4) is 5.75 Å². The average Bonchev–Trinajstić information content (AvgIpc) is 3.02. The fraction of sp³-hybridized carbons (Fsp3) is 0.0435. The van der Waals surface area contributed by atoms with Crippen molar-refractivity contribution in [2.24, 2.45) is 0 Å². The van der Waals surface area contributed by atoms with Crippen LogP contribution >= 0.6 is 58.2 Å². The Hall–Kier alpha value is -2.15. The van der Waals surface area contributed by atoms with E-state index < -0.39 is 11.1 Å². The summed E-state index contributed by atoms with van der Waals surface area (Å²) in [6, 6.07) is 17.0. The quantitative estimate of drug-likeness (QED) is 0.316. The van der Waals surface area contributed by atoms with Gasteiger partial charge in [-0.2, -0.15) is 0 Å². The van der Waals surface area contributed by atoms with Gasteiger partial charge in [0, 0.05) is 15.6 Å². The number of thioether (sulfide) groups is 1. The monoisotopic (exact) mass is 523 g/mol. The van der Waals surface area contributed by atoms with Gasteiger partial charge in [0.1, 0.15) is 6.61 Å². The first kappa shape index (κ1) is 23.0. The maximum atomic E-state index is 12.8. The summed E-state index contributed by atoms with van der Waals surface area (Å²) in [6.45, 7) is 0.193. The molecule has 0 saturated carbocycles. The molecule has 0 atom stereocenters. The molecule has 1 fully saturated rings. The van der Waals surface area contributed by atoms with Crippen LogP contribution in [0.25, 0.3) is 6.08 Å². The molecule has 1 aliphatic rings. The van der Waals surface area contributed by atoms with E-state index in [1.807, 2.05) is 18.2 Å². The molecular weight excluding hydrogens is 512 g/mol. The molecule has 32 heavy (non-hydrogen) atoms. The minimum absolute atomic E-state index is 0.193. The van der Waals surface area contributed by atoms with E-state index in [2.05, 4.69) is 0 Å². The van der Waals surface area contributed by atoms with Crippen LogP contribution in [0.3, 0.4) is 0 Å². The van der Waals surface area contributed by atoms with Gasteiger partial charge in [0.15, 0.2) is 5.75 Å². The summed E-state index contributed by atoms with van der Waals surface area (Å²) in [5.41, 5.74) is 1.80. The van der Waals surface area contributed by atoms with E-state index in [0.717, 1.165) is 22.2 Å². The second-order valence-electron chi connectivity index (χ2n) is 6.69. The van der Waals surface area contributed by atoms with Crippen molar-refractivity contribution >= 4 is 81.1 Å². The topological polar surface area (TPSA) is 46.6 Å². The summed E-state index contributed by atoms with van der Waals surface area (Å²) in [4.78, 5) is 26.6. The van der Waals surface area contributed by atoms with Crippen molar-refractivity contribution < 1.29 is 14.3 Å². The number of benzene rings is 3. The van der Waals surface area contributed by atoms with E-state index >= 15 is 0 Å². The van der Waals surface area contributed by atoms with Gasteiger partial charge in [-0.15, -0.1) is 0 Å². The molecule has 1 heterocycles. The zero-order valence-corrected chi connectivity index (χ0v) is 20.0. The van der Waals surface area contributed by atoms with E-state index in [4.69, 9.17) is 51.1 Å². The summed E-state index contributed by atoms with van der Waals surface area (Å²) in [5.74, 6) is -0.131. The van der Waals surface area contributed by atoms with Crippen molar-refractivity contribution in [1.82, 2.24) is 0 Å². The Morgan fingerprint density at radius 2 is 1.53 bits per heavy atom. The largest absolute Gasteiger partial charge is 0.486 e. The normalized spacial score (nSPS) is 15.0. The standard InChI is InChI=1S/C23H13Cl4NO3S/c24-15-5-7-16(8-6-15)28-22(29)20(32-23(28)30)11-13-9-18(26)21(19(27)10-13)31-12-14-3-1-2-4-17(14)25/h1-11H,12H2/b20-11+. The molecular formula is C23H13Cl4NO3S. The lowest BCUT2D eigenvalue weighted by molar-refractivity contribution is -0.113. The smallest absolute Gasteiger partial charge is 0.298 e. The molecule has 1 aliphatic heterocycles. The maximum absolute atomic E-state index is 12.8. The molecule has 0 N–H and O–H groups in total. The average molecular weight is 525 g/mol. The molecule has 0 unspecified atom stereocenters. The van der Waals surface area contributed by atoms with Crippen LogP contribution in [0.1, 0.15) is 11.1 Å². The molecule has 3 aromatic carbocycles. The molecule has 4 nitrogen and oxygen atoms in total. The maximum Gasteiger partial charge on any atom is 0.298 e. The van der Waals surface area contributed by atoms with Gasteiger partial charge in [-0.1, -0.05) is 64.6 Å². The Labute approximate surface area is 208 Å². The summed E-state index contributed by atoms with van der Waals surface area (Å²) in [7, 11) is 0. The number of carbonyl (C=O) groups is 2. The molecule has 4 rings (SSSR count). The fourth-order valence-corrected chi connectivity index (χ4v) is 4.77. The number of ether oxygens (including phenoxy) is 1. The van der Waals surface area contributed by atoms with Crippen LogP contribution in [-0.4, -0.2) is 11.1 Å². The number of amides is 2. The summed E-state index contributed by atoms with van der Waals surface area (Å²) in [5, 5.41) is 1.23. The SMILES string of the molecule is O=C1S/C(=C/c2cc(Cl)c(OCc3ccccc3Cl)c(Cl)c2)C(=O)N1c1ccc(Cl)cc1. The van der Waals surface area contributed by atoms with Crippen molar-refractivity contribution in [3.63, 3.8) is 0 Å². The highest BCUT2D eigenvalue weighted by atomic mass is 35.5. The summed E-state index contributed by atoms with van der Waals surface area (Å²) < 4.78 is 5.77. The van der Waals surface area contributed by atoms with Gasteiger partial charge in [-0.25, -0.2) is 4.90 Å². The lowest BCUT2D eigenvalue weighted by Crippen LogP contribution is -2.27. The Morgan fingerprint density at radius 3 is 2.19 bits per heavy atom. The lowest BCUT2D eigenvalue weighted by Gasteiger charge is -2.12. The van der Waals surface area contributed by atoms with E-state index in [0.29, 0.717) is 27.0 Å². The van der Waals surface area contributed by atoms with Crippen LogP contribution < -0.4 is 9.64 Å². The zero-order valence-electron chi connectivity index (χ0n) is 16.2. The highest BCUT2D eigenvalue weighted by Crippen LogP contribution is 2.39. The number of imide groups is 1. The van der Waals surface area contributed by atoms with E-state index in [1.54, 1.807) is 48.5 Å². The molecule has 162 valence electrons. The summed E-state index contributed by atoms with van der Waals surface area (Å²) in [6.07, 6.45) is 1.57. The van der Waals surface area contributed by atoms with Gasteiger partial charge in [0.25, 0.3) is 11.1 Å². The molecule has 2 amide bonds. The van der Waals surface area contributed by atoms with Crippen LogP contribution in [0.2, 0.25) is 20.1 Å². The lowest BCUT2D eigenvalue weighted by atomic mass is 10.2. The molecule has 0 spiro atoms. The Bertz CT molecular complexity index is 1220. The number of nitrogens with zero attached hydrogens (tertiary/aromatic N) is 1. The molecule has 9 heteroatoms.